The lowest BCUT2D eigenvalue weighted by molar-refractivity contribution is 0.769. The van der Waals surface area contributed by atoms with E-state index in [1.54, 1.807) is 0 Å². The zero-order valence-electron chi connectivity index (χ0n) is 37.9. The Balaban J connectivity index is 1.14. The molecular weight excluding hydrogens is 821 g/mol. The number of para-hydroxylation sites is 4. The minimum Gasteiger partial charge on any atom is -0.310 e. The van der Waals surface area contributed by atoms with Crippen LogP contribution in [0, 0.1) is 6.92 Å². The van der Waals surface area contributed by atoms with Crippen LogP contribution in [0.1, 0.15) is 27.8 Å². The SMILES string of the molecule is Cc1ccccc1-c1ccccc1-c1ccc(C2(c3ccccc3)c3ccccc3-c3cc4c(N(c5ccccc5)c5ccccc5)cc(N(c5ccccc5)c5ccccc5)cc4cc32)cc1. The standard InChI is InChI=1S/C66H48N2/c1-47-23-17-18-34-57(47)59-36-20-19-35-58(59)48-39-41-51(42-40-48)66(50-24-7-2-8-25-50)63-38-22-21-37-60(63)62-46-61-49(44-64(62)66)43-56(67(52-26-9-3-10-27-52)53-28-11-4-12-29-53)45-65(61)68(54-30-13-5-14-31-54)55-32-15-6-16-33-55/h2-46H,1H3. The Morgan fingerprint density at radius 2 is 0.750 bits per heavy atom. The molecule has 1 aliphatic rings. The molecule has 0 fully saturated rings. The molecule has 0 N–H and O–H groups in total. The molecule has 2 heteroatoms. The molecule has 11 aromatic carbocycles. The van der Waals surface area contributed by atoms with E-state index in [1.807, 2.05) is 0 Å². The molecule has 0 bridgehead atoms. The van der Waals surface area contributed by atoms with Gasteiger partial charge in [0.25, 0.3) is 0 Å². The molecule has 0 spiro atoms. The highest BCUT2D eigenvalue weighted by Crippen LogP contribution is 2.58. The van der Waals surface area contributed by atoms with Gasteiger partial charge in [0.15, 0.2) is 0 Å². The van der Waals surface area contributed by atoms with E-state index < -0.39 is 5.41 Å². The minimum atomic E-state index is -0.608. The highest BCUT2D eigenvalue weighted by Gasteiger charge is 2.46. The maximum atomic E-state index is 2.51. The van der Waals surface area contributed by atoms with Crippen molar-refractivity contribution in [2.75, 3.05) is 9.80 Å². The first-order valence-corrected chi connectivity index (χ1v) is 23.5. The van der Waals surface area contributed by atoms with Gasteiger partial charge in [-0.2, -0.15) is 0 Å². The van der Waals surface area contributed by atoms with Crippen molar-refractivity contribution in [3.63, 3.8) is 0 Å². The largest absolute Gasteiger partial charge is 0.310 e. The Labute approximate surface area is 399 Å². The molecule has 1 aliphatic carbocycles. The van der Waals surface area contributed by atoms with Gasteiger partial charge < -0.3 is 9.80 Å². The van der Waals surface area contributed by atoms with Crippen LogP contribution >= 0.6 is 0 Å². The molecule has 11 aromatic rings. The van der Waals surface area contributed by atoms with Gasteiger partial charge in [-0.3, -0.25) is 0 Å². The topological polar surface area (TPSA) is 6.48 Å². The number of rotatable bonds is 10. The number of nitrogens with zero attached hydrogens (tertiary/aromatic N) is 2. The van der Waals surface area contributed by atoms with Crippen molar-refractivity contribution >= 4 is 44.9 Å². The zero-order chi connectivity index (χ0) is 45.4. The fourth-order valence-electron chi connectivity index (χ4n) is 10.8. The summed E-state index contributed by atoms with van der Waals surface area (Å²) in [5.74, 6) is 0. The Kier molecular flexibility index (Phi) is 10.3. The molecule has 0 heterocycles. The van der Waals surface area contributed by atoms with Crippen LogP contribution in [0.3, 0.4) is 0 Å². The van der Waals surface area contributed by atoms with Crippen LogP contribution in [0.2, 0.25) is 0 Å². The first-order valence-electron chi connectivity index (χ1n) is 23.5. The zero-order valence-corrected chi connectivity index (χ0v) is 37.9. The Bertz CT molecular complexity index is 3470. The summed E-state index contributed by atoms with van der Waals surface area (Å²) in [6.45, 7) is 2.20. The number of hydrogen-bond acceptors (Lipinski definition) is 2. The van der Waals surface area contributed by atoms with Crippen LogP contribution in [0.25, 0.3) is 44.2 Å². The van der Waals surface area contributed by atoms with E-state index in [4.69, 9.17) is 0 Å². The van der Waals surface area contributed by atoms with Gasteiger partial charge in [0.1, 0.15) is 0 Å². The molecule has 0 saturated carbocycles. The lowest BCUT2D eigenvalue weighted by Gasteiger charge is -2.34. The van der Waals surface area contributed by atoms with E-state index in [-0.39, 0.29) is 0 Å². The van der Waals surface area contributed by atoms with Gasteiger partial charge in [-0.1, -0.05) is 200 Å². The van der Waals surface area contributed by atoms with Gasteiger partial charge in [-0.15, -0.1) is 0 Å². The van der Waals surface area contributed by atoms with Gasteiger partial charge in [-0.05, 0) is 146 Å². The van der Waals surface area contributed by atoms with Gasteiger partial charge in [-0.25, -0.2) is 0 Å². The molecule has 68 heavy (non-hydrogen) atoms. The fourth-order valence-corrected chi connectivity index (χ4v) is 10.8. The number of hydrogen-bond donors (Lipinski definition) is 0. The highest BCUT2D eigenvalue weighted by atomic mass is 15.2. The monoisotopic (exact) mass is 868 g/mol. The minimum absolute atomic E-state index is 0.608. The van der Waals surface area contributed by atoms with Crippen molar-refractivity contribution in [2.24, 2.45) is 0 Å². The van der Waals surface area contributed by atoms with E-state index in [1.165, 1.54) is 66.6 Å². The molecule has 0 aromatic heterocycles. The first-order chi connectivity index (χ1) is 33.7. The van der Waals surface area contributed by atoms with Crippen molar-refractivity contribution < 1.29 is 0 Å². The first kappa shape index (κ1) is 40.8. The third-order valence-electron chi connectivity index (χ3n) is 13.8. The molecular formula is C66H48N2. The summed E-state index contributed by atoms with van der Waals surface area (Å²) < 4.78 is 0. The van der Waals surface area contributed by atoms with E-state index in [2.05, 4.69) is 290 Å². The molecule has 1 atom stereocenters. The quantitative estimate of drug-likeness (QED) is 0.135. The van der Waals surface area contributed by atoms with Gasteiger partial charge >= 0.3 is 0 Å². The van der Waals surface area contributed by atoms with Crippen molar-refractivity contribution in [3.05, 3.63) is 301 Å². The number of anilines is 6. The molecule has 322 valence electrons. The summed E-state index contributed by atoms with van der Waals surface area (Å²) >= 11 is 0. The predicted molar refractivity (Wildman–Crippen MR) is 286 cm³/mol. The third kappa shape index (κ3) is 6.89. The maximum absolute atomic E-state index is 2.51. The maximum Gasteiger partial charge on any atom is 0.0713 e. The van der Waals surface area contributed by atoms with Crippen LogP contribution in [0.15, 0.2) is 273 Å². The fraction of sp³-hybridized carbons (Fsp3) is 0.0303. The third-order valence-corrected chi connectivity index (χ3v) is 13.8. The lowest BCUT2D eigenvalue weighted by atomic mass is 9.67. The van der Waals surface area contributed by atoms with Crippen molar-refractivity contribution in [1.82, 2.24) is 0 Å². The summed E-state index contributed by atoms with van der Waals surface area (Å²) in [7, 11) is 0. The van der Waals surface area contributed by atoms with Gasteiger partial charge in [0.05, 0.1) is 11.1 Å². The van der Waals surface area contributed by atoms with E-state index in [0.29, 0.717) is 0 Å². The molecule has 0 amide bonds. The summed E-state index contributed by atoms with van der Waals surface area (Å²) in [5.41, 5.74) is 19.6. The molecule has 0 aliphatic heterocycles. The van der Waals surface area contributed by atoms with E-state index in [9.17, 15) is 0 Å². The summed E-state index contributed by atoms with van der Waals surface area (Å²) in [4.78, 5) is 4.81. The molecule has 0 radical (unpaired) electrons. The average molecular weight is 869 g/mol. The van der Waals surface area contributed by atoms with E-state index in [0.717, 1.165) is 39.5 Å². The van der Waals surface area contributed by atoms with Crippen LogP contribution in [0.4, 0.5) is 34.1 Å². The van der Waals surface area contributed by atoms with Gasteiger partial charge in [0, 0.05) is 33.8 Å². The van der Waals surface area contributed by atoms with Crippen LogP contribution in [-0.2, 0) is 5.41 Å². The highest BCUT2D eigenvalue weighted by molar-refractivity contribution is 6.07. The molecule has 0 saturated heterocycles. The van der Waals surface area contributed by atoms with Crippen LogP contribution in [-0.4, -0.2) is 0 Å². The second kappa shape index (κ2) is 17.3. The number of aryl methyl sites for hydroxylation is 1. The van der Waals surface area contributed by atoms with Crippen molar-refractivity contribution in [2.45, 2.75) is 12.3 Å². The van der Waals surface area contributed by atoms with Crippen LogP contribution in [0.5, 0.6) is 0 Å². The Hall–Kier alpha value is -8.72. The second-order valence-electron chi connectivity index (χ2n) is 17.7. The summed E-state index contributed by atoms with van der Waals surface area (Å²) in [6.07, 6.45) is 0. The summed E-state index contributed by atoms with van der Waals surface area (Å²) in [5, 5.41) is 2.32. The Morgan fingerprint density at radius 1 is 0.294 bits per heavy atom. The van der Waals surface area contributed by atoms with E-state index >= 15 is 0 Å². The molecule has 1 unspecified atom stereocenters. The average Bonchev–Trinajstić information content (AvgIpc) is 3.70. The van der Waals surface area contributed by atoms with Crippen molar-refractivity contribution in [1.29, 1.82) is 0 Å². The van der Waals surface area contributed by atoms with Crippen molar-refractivity contribution in [3.8, 4) is 33.4 Å². The normalized spacial score (nSPS) is 13.7. The molecule has 12 rings (SSSR count). The summed E-state index contributed by atoms with van der Waals surface area (Å²) in [6, 6.07) is 100.0. The smallest absolute Gasteiger partial charge is 0.0713 e. The number of fused-ring (bicyclic) bond motifs is 4. The Morgan fingerprint density at radius 3 is 1.32 bits per heavy atom. The lowest BCUT2D eigenvalue weighted by Crippen LogP contribution is -2.28. The number of benzene rings is 11. The van der Waals surface area contributed by atoms with Crippen LogP contribution < -0.4 is 9.80 Å². The second-order valence-corrected chi connectivity index (χ2v) is 17.7. The predicted octanol–water partition coefficient (Wildman–Crippen LogP) is 17.8. The molecule has 2 nitrogen and oxygen atoms in total. The van der Waals surface area contributed by atoms with Gasteiger partial charge in [0.2, 0.25) is 0 Å².